The fourth-order valence-electron chi connectivity index (χ4n) is 4.69. The molecule has 1 fully saturated rings. The van der Waals surface area contributed by atoms with Gasteiger partial charge in [-0.2, -0.15) is 0 Å². The van der Waals surface area contributed by atoms with E-state index in [4.69, 9.17) is 4.74 Å². The summed E-state index contributed by atoms with van der Waals surface area (Å²) in [6, 6.07) is 18.8. The lowest BCUT2D eigenvalue weighted by molar-refractivity contribution is -0.0494. The highest BCUT2D eigenvalue weighted by atomic mass is 16.5. The van der Waals surface area contributed by atoms with Gasteiger partial charge in [0.2, 0.25) is 0 Å². The number of nitrogens with zero attached hydrogens (tertiary/aromatic N) is 1. The molecule has 0 spiro atoms. The monoisotopic (exact) mass is 367 g/mol. The van der Waals surface area contributed by atoms with E-state index in [0.29, 0.717) is 11.8 Å². The molecule has 27 heavy (non-hydrogen) atoms. The second-order valence-corrected chi connectivity index (χ2v) is 8.27. The zero-order chi connectivity index (χ0) is 19.3. The van der Waals surface area contributed by atoms with Crippen LogP contribution in [0.1, 0.15) is 30.4 Å². The third-order valence-corrected chi connectivity index (χ3v) is 6.14. The van der Waals surface area contributed by atoms with Gasteiger partial charge < -0.3 is 14.7 Å². The third kappa shape index (κ3) is 4.91. The van der Waals surface area contributed by atoms with E-state index in [-0.39, 0.29) is 0 Å². The first-order chi connectivity index (χ1) is 13.0. The number of rotatable bonds is 8. The molecule has 3 nitrogen and oxygen atoms in total. The molecule has 0 saturated heterocycles. The van der Waals surface area contributed by atoms with Crippen LogP contribution in [0, 0.1) is 11.8 Å². The van der Waals surface area contributed by atoms with Crippen molar-refractivity contribution in [3.63, 3.8) is 0 Å². The highest BCUT2D eigenvalue weighted by Gasteiger charge is 2.48. The SMILES string of the molecule is COc1cccc(CC2CCC(CN(C)C)C2(O)CCc2ccccc2)c1. The van der Waals surface area contributed by atoms with E-state index in [9.17, 15) is 5.11 Å². The van der Waals surface area contributed by atoms with E-state index in [1.165, 1.54) is 11.1 Å². The lowest BCUT2D eigenvalue weighted by Crippen LogP contribution is -2.44. The molecule has 0 heterocycles. The van der Waals surface area contributed by atoms with Crippen molar-refractivity contribution in [3.05, 3.63) is 65.7 Å². The molecule has 3 heteroatoms. The minimum atomic E-state index is -0.622. The molecule has 3 unspecified atom stereocenters. The van der Waals surface area contributed by atoms with Gasteiger partial charge in [0.05, 0.1) is 12.7 Å². The molecule has 0 bridgehead atoms. The molecular formula is C24H33NO2. The highest BCUT2D eigenvalue weighted by Crippen LogP contribution is 2.45. The van der Waals surface area contributed by atoms with Gasteiger partial charge in [-0.15, -0.1) is 0 Å². The number of methoxy groups -OCH3 is 1. The number of ether oxygens (including phenoxy) is 1. The van der Waals surface area contributed by atoms with Crippen molar-refractivity contribution in [2.24, 2.45) is 11.8 Å². The smallest absolute Gasteiger partial charge is 0.119 e. The van der Waals surface area contributed by atoms with Crippen LogP contribution in [0.3, 0.4) is 0 Å². The number of aryl methyl sites for hydroxylation is 1. The molecule has 0 aliphatic heterocycles. The van der Waals surface area contributed by atoms with Gasteiger partial charge >= 0.3 is 0 Å². The first-order valence-electron chi connectivity index (χ1n) is 10.0. The summed E-state index contributed by atoms with van der Waals surface area (Å²) in [6.45, 7) is 0.944. The molecule has 1 saturated carbocycles. The van der Waals surface area contributed by atoms with Crippen molar-refractivity contribution in [2.45, 2.75) is 37.7 Å². The van der Waals surface area contributed by atoms with Crippen LogP contribution in [0.4, 0.5) is 0 Å². The molecule has 1 N–H and O–H groups in total. The summed E-state index contributed by atoms with van der Waals surface area (Å²) in [7, 11) is 5.91. The van der Waals surface area contributed by atoms with Gasteiger partial charge in [0.1, 0.15) is 5.75 Å². The first kappa shape index (κ1) is 19.9. The lowest BCUT2D eigenvalue weighted by atomic mass is 9.77. The predicted molar refractivity (Wildman–Crippen MR) is 111 cm³/mol. The molecule has 3 rings (SSSR count). The van der Waals surface area contributed by atoms with Crippen molar-refractivity contribution in [1.82, 2.24) is 4.90 Å². The Balaban J connectivity index is 1.77. The molecular weight excluding hydrogens is 334 g/mol. The van der Waals surface area contributed by atoms with E-state index < -0.39 is 5.60 Å². The van der Waals surface area contributed by atoms with Crippen LogP contribution in [0.15, 0.2) is 54.6 Å². The topological polar surface area (TPSA) is 32.7 Å². The average molecular weight is 368 g/mol. The van der Waals surface area contributed by atoms with Gasteiger partial charge in [0.15, 0.2) is 0 Å². The summed E-state index contributed by atoms with van der Waals surface area (Å²) >= 11 is 0. The van der Waals surface area contributed by atoms with Gasteiger partial charge in [-0.1, -0.05) is 42.5 Å². The van der Waals surface area contributed by atoms with Crippen LogP contribution in [-0.4, -0.2) is 43.4 Å². The van der Waals surface area contributed by atoms with Crippen molar-refractivity contribution < 1.29 is 9.84 Å². The van der Waals surface area contributed by atoms with E-state index in [1.807, 2.05) is 18.2 Å². The van der Waals surface area contributed by atoms with Crippen molar-refractivity contribution in [1.29, 1.82) is 0 Å². The minimum Gasteiger partial charge on any atom is -0.497 e. The molecule has 1 aliphatic rings. The quantitative estimate of drug-likeness (QED) is 0.759. The second-order valence-electron chi connectivity index (χ2n) is 8.27. The zero-order valence-corrected chi connectivity index (χ0v) is 16.9. The van der Waals surface area contributed by atoms with E-state index >= 15 is 0 Å². The number of benzene rings is 2. The molecule has 1 aliphatic carbocycles. The summed E-state index contributed by atoms with van der Waals surface area (Å²) in [5.74, 6) is 1.51. The Morgan fingerprint density at radius 2 is 1.70 bits per heavy atom. The van der Waals surface area contributed by atoms with Crippen molar-refractivity contribution >= 4 is 0 Å². The Morgan fingerprint density at radius 3 is 2.41 bits per heavy atom. The molecule has 2 aromatic rings. The maximum absolute atomic E-state index is 11.9. The van der Waals surface area contributed by atoms with Gasteiger partial charge in [-0.25, -0.2) is 0 Å². The molecule has 3 atom stereocenters. The van der Waals surface area contributed by atoms with E-state index in [1.54, 1.807) is 7.11 Å². The summed E-state index contributed by atoms with van der Waals surface area (Å²) in [4.78, 5) is 2.21. The average Bonchev–Trinajstić information content (AvgIpc) is 2.97. The third-order valence-electron chi connectivity index (χ3n) is 6.14. The fourth-order valence-corrected chi connectivity index (χ4v) is 4.69. The predicted octanol–water partition coefficient (Wildman–Crippen LogP) is 4.19. The van der Waals surface area contributed by atoms with E-state index in [2.05, 4.69) is 55.4 Å². The maximum atomic E-state index is 11.9. The van der Waals surface area contributed by atoms with E-state index in [0.717, 1.165) is 44.4 Å². The number of aliphatic hydroxyl groups is 1. The van der Waals surface area contributed by atoms with Gasteiger partial charge in [-0.3, -0.25) is 0 Å². The van der Waals surface area contributed by atoms with Crippen LogP contribution in [-0.2, 0) is 12.8 Å². The molecule has 2 aromatic carbocycles. The standard InChI is InChI=1S/C24H33NO2/c1-25(2)18-22-13-12-21(16-20-10-7-11-23(17-20)27-3)24(22,26)15-14-19-8-5-4-6-9-19/h4-11,17,21-22,26H,12-16,18H2,1-3H3. The lowest BCUT2D eigenvalue weighted by Gasteiger charge is -2.37. The van der Waals surface area contributed by atoms with Gasteiger partial charge in [0, 0.05) is 12.5 Å². The minimum absolute atomic E-state index is 0.290. The molecule has 0 aromatic heterocycles. The normalized spacial score (nSPS) is 25.1. The molecule has 146 valence electrons. The van der Waals surface area contributed by atoms with Gasteiger partial charge in [0.25, 0.3) is 0 Å². The Hall–Kier alpha value is -1.84. The van der Waals surface area contributed by atoms with Crippen LogP contribution in [0.5, 0.6) is 5.75 Å². The van der Waals surface area contributed by atoms with Gasteiger partial charge in [-0.05, 0) is 75.4 Å². The van der Waals surface area contributed by atoms with Crippen LogP contribution >= 0.6 is 0 Å². The van der Waals surface area contributed by atoms with Crippen LogP contribution in [0.25, 0.3) is 0 Å². The van der Waals surface area contributed by atoms with Crippen molar-refractivity contribution in [2.75, 3.05) is 27.7 Å². The van der Waals surface area contributed by atoms with Crippen LogP contribution in [0.2, 0.25) is 0 Å². The first-order valence-corrected chi connectivity index (χ1v) is 10.0. The Bertz CT molecular complexity index is 715. The summed E-state index contributed by atoms with van der Waals surface area (Å²) in [5.41, 5.74) is 1.94. The molecule has 0 radical (unpaired) electrons. The Labute approximate surface area is 164 Å². The number of hydrogen-bond acceptors (Lipinski definition) is 3. The Morgan fingerprint density at radius 1 is 1.00 bits per heavy atom. The molecule has 0 amide bonds. The summed E-state index contributed by atoms with van der Waals surface area (Å²) in [6.07, 6.45) is 4.84. The maximum Gasteiger partial charge on any atom is 0.119 e. The number of hydrogen-bond donors (Lipinski definition) is 1. The summed E-state index contributed by atoms with van der Waals surface area (Å²) in [5, 5.41) is 11.9. The second kappa shape index (κ2) is 8.90. The largest absolute Gasteiger partial charge is 0.497 e. The van der Waals surface area contributed by atoms with Crippen molar-refractivity contribution in [3.8, 4) is 5.75 Å². The fraction of sp³-hybridized carbons (Fsp3) is 0.500. The Kier molecular flexibility index (Phi) is 6.56. The van der Waals surface area contributed by atoms with Crippen LogP contribution < -0.4 is 4.74 Å². The highest BCUT2D eigenvalue weighted by molar-refractivity contribution is 5.29. The zero-order valence-electron chi connectivity index (χ0n) is 16.9. The summed E-state index contributed by atoms with van der Waals surface area (Å²) < 4.78 is 5.38.